The molecule has 0 bridgehead atoms. The first-order chi connectivity index (χ1) is 35.2. The fraction of sp³-hybridized carbons (Fsp3) is 0.382. The first-order valence-electron chi connectivity index (χ1n) is 28.5. The molecule has 0 spiro atoms. The van der Waals surface area contributed by atoms with E-state index in [0.717, 1.165) is 72.6 Å². The summed E-state index contributed by atoms with van der Waals surface area (Å²) in [6, 6.07) is 44.4. The van der Waals surface area contributed by atoms with Gasteiger partial charge in [-0.05, 0) is 211 Å². The molecule has 364 valence electrons. The van der Waals surface area contributed by atoms with Gasteiger partial charge in [-0.2, -0.15) is 0 Å². The Morgan fingerprint density at radius 2 is 1.00 bits per heavy atom. The van der Waals surface area contributed by atoms with Gasteiger partial charge in [0.2, 0.25) is 0 Å². The molecule has 0 N–H and O–H groups in total. The molecule has 8 aromatic rings. The van der Waals surface area contributed by atoms with Crippen molar-refractivity contribution in [1.82, 2.24) is 0 Å². The van der Waals surface area contributed by atoms with Crippen LogP contribution in [0.3, 0.4) is 0 Å². The molecule has 1 aromatic heterocycles. The van der Waals surface area contributed by atoms with Crippen LogP contribution in [0.1, 0.15) is 170 Å². The smallest absolute Gasteiger partial charge is 0.252 e. The predicted octanol–water partition coefficient (Wildman–Crippen LogP) is 17.5. The first kappa shape index (κ1) is 42.9. The number of nitrogens with zero attached hydrogens (tertiary/aromatic N) is 2. The fourth-order valence-corrected chi connectivity index (χ4v) is 15.6. The zero-order valence-corrected chi connectivity index (χ0v) is 45.9. The van der Waals surface area contributed by atoms with Crippen LogP contribution in [0.5, 0.6) is 0 Å². The highest BCUT2D eigenvalue weighted by molar-refractivity contribution is 7.26. The molecule has 13 rings (SSSR count). The zero-order valence-electron chi connectivity index (χ0n) is 48.1. The summed E-state index contributed by atoms with van der Waals surface area (Å²) < 4.78 is 30.5. The molecule has 0 fully saturated rings. The van der Waals surface area contributed by atoms with Gasteiger partial charge in [-0.1, -0.05) is 144 Å². The quantitative estimate of drug-likeness (QED) is 0.163. The van der Waals surface area contributed by atoms with Gasteiger partial charge in [0.25, 0.3) is 6.71 Å². The summed E-state index contributed by atoms with van der Waals surface area (Å²) >= 11 is 1.87. The zero-order chi connectivity index (χ0) is 52.9. The van der Waals surface area contributed by atoms with Gasteiger partial charge in [-0.3, -0.25) is 0 Å². The Labute approximate surface area is 439 Å². The molecule has 4 heteroatoms. The first-order valence-corrected chi connectivity index (χ1v) is 27.8. The summed E-state index contributed by atoms with van der Waals surface area (Å²) in [5, 5.41) is 2.59. The van der Waals surface area contributed by atoms with E-state index in [-0.39, 0.29) is 39.2 Å². The normalized spacial score (nSPS) is 20.8. The minimum absolute atomic E-state index is 0.0288. The molecule has 0 saturated carbocycles. The van der Waals surface area contributed by atoms with E-state index >= 15 is 0 Å². The van der Waals surface area contributed by atoms with Crippen molar-refractivity contribution < 1.29 is 4.11 Å². The number of anilines is 6. The van der Waals surface area contributed by atoms with E-state index < -0.39 is 6.85 Å². The topological polar surface area (TPSA) is 6.48 Å². The van der Waals surface area contributed by atoms with Crippen molar-refractivity contribution in [3.8, 4) is 11.1 Å². The lowest BCUT2D eigenvalue weighted by Gasteiger charge is -2.48. The number of hydrogen-bond acceptors (Lipinski definition) is 3. The predicted molar refractivity (Wildman–Crippen MR) is 314 cm³/mol. The Balaban J connectivity index is 1.18. The summed E-state index contributed by atoms with van der Waals surface area (Å²) in [7, 11) is 0. The van der Waals surface area contributed by atoms with Crippen LogP contribution in [0.15, 0.2) is 115 Å². The molecule has 7 aromatic carbocycles. The van der Waals surface area contributed by atoms with Crippen molar-refractivity contribution in [2.24, 2.45) is 0 Å². The minimum atomic E-state index is -2.37. The van der Waals surface area contributed by atoms with Crippen LogP contribution in [0.2, 0.25) is 0 Å². The Bertz CT molecular complexity index is 3770. The van der Waals surface area contributed by atoms with Crippen LogP contribution in [0.25, 0.3) is 31.3 Å². The lowest BCUT2D eigenvalue weighted by Crippen LogP contribution is -2.62. The van der Waals surface area contributed by atoms with E-state index in [4.69, 9.17) is 0 Å². The molecule has 0 atom stereocenters. The van der Waals surface area contributed by atoms with Crippen LogP contribution in [-0.2, 0) is 32.5 Å². The second kappa shape index (κ2) is 15.0. The number of hydrogen-bond donors (Lipinski definition) is 0. The van der Waals surface area contributed by atoms with Crippen molar-refractivity contribution in [1.29, 1.82) is 0 Å². The summed E-state index contributed by atoms with van der Waals surface area (Å²) in [6.45, 7) is 28.8. The van der Waals surface area contributed by atoms with Gasteiger partial charge in [-0.25, -0.2) is 0 Å². The summed E-state index contributed by atoms with van der Waals surface area (Å²) in [5.41, 5.74) is 22.4. The number of thiophene rings is 1. The van der Waals surface area contributed by atoms with Crippen LogP contribution in [0, 0.1) is 13.8 Å². The second-order valence-corrected chi connectivity index (χ2v) is 27.8. The summed E-state index contributed by atoms with van der Waals surface area (Å²) in [6.07, 6.45) is 6.68. The molecule has 0 radical (unpaired) electrons. The molecule has 2 nitrogen and oxygen atoms in total. The van der Waals surface area contributed by atoms with E-state index in [1.54, 1.807) is 0 Å². The lowest BCUT2D eigenvalue weighted by molar-refractivity contribution is 0.332. The van der Waals surface area contributed by atoms with E-state index in [0.29, 0.717) is 5.56 Å². The third kappa shape index (κ3) is 6.58. The van der Waals surface area contributed by atoms with Gasteiger partial charge in [0.1, 0.15) is 0 Å². The van der Waals surface area contributed by atoms with E-state index in [2.05, 4.69) is 215 Å². The highest BCUT2D eigenvalue weighted by Gasteiger charge is 2.48. The highest BCUT2D eigenvalue weighted by Crippen LogP contribution is 2.55. The maximum absolute atomic E-state index is 9.30. The van der Waals surface area contributed by atoms with Crippen molar-refractivity contribution >= 4 is 88.7 Å². The fourth-order valence-electron chi connectivity index (χ4n) is 14.4. The van der Waals surface area contributed by atoms with Gasteiger partial charge in [0.05, 0.1) is 0 Å². The standard InChI is InChI=1S/C68H73BN2S/c1-40-32-57-62-58(33-40)71(55-38-50-47(34-41(55)2)64(5,6)28-30-67(50,11)12)54-25-22-42(44-19-17-21-60-61(44)45-18-15-16-20-59(45)72-60)35-52(54)69(62)53-37-49-51(68(13,14)31-29-66(49,9)10)39-56(53)70(57)43-23-24-46-48(36-43)65(7,8)27-26-63(46,3)4/h15-25,32-39H,26-31H2,1-14H3/i1D3. The lowest BCUT2D eigenvalue weighted by atomic mass is 9.33. The van der Waals surface area contributed by atoms with Gasteiger partial charge >= 0.3 is 0 Å². The Hall–Kier alpha value is -5.58. The average Bonchev–Trinajstić information content (AvgIpc) is 3.75. The molecule has 0 saturated heterocycles. The highest BCUT2D eigenvalue weighted by atomic mass is 32.1. The Morgan fingerprint density at radius 3 is 1.65 bits per heavy atom. The SMILES string of the molecule is [2H]C([2H])([2H])c1cc2c3c(c1)N(c1cc4c(cc1C)C(C)(C)CCC4(C)C)c1ccc(-c4cccc5sc6ccccc6c45)cc1B3c1cc3c(cc1N2c1ccc2c(c1)C(C)(C)CCC2(C)C)C(C)(C)CCC3(C)C. The Morgan fingerprint density at radius 1 is 0.458 bits per heavy atom. The van der Waals surface area contributed by atoms with Gasteiger partial charge in [0.15, 0.2) is 0 Å². The monoisotopic (exact) mass is 964 g/mol. The summed E-state index contributed by atoms with van der Waals surface area (Å²) in [5.74, 6) is 0. The van der Waals surface area contributed by atoms with E-state index in [1.807, 2.05) is 11.3 Å². The number of fused-ring (bicyclic) bond motifs is 10. The van der Waals surface area contributed by atoms with E-state index in [1.165, 1.54) is 86.6 Å². The molecule has 72 heavy (non-hydrogen) atoms. The Kier molecular flexibility index (Phi) is 8.95. The maximum Gasteiger partial charge on any atom is 0.252 e. The van der Waals surface area contributed by atoms with E-state index in [9.17, 15) is 4.11 Å². The van der Waals surface area contributed by atoms with Crippen LogP contribution in [0.4, 0.5) is 34.1 Å². The molecule has 0 amide bonds. The second-order valence-electron chi connectivity index (χ2n) is 26.8. The van der Waals surface area contributed by atoms with Gasteiger partial charge in [0, 0.05) is 58.4 Å². The van der Waals surface area contributed by atoms with Crippen LogP contribution < -0.4 is 26.2 Å². The largest absolute Gasteiger partial charge is 0.311 e. The molecule has 0 unspecified atom stereocenters. The van der Waals surface area contributed by atoms with Crippen LogP contribution >= 0.6 is 11.3 Å². The molecular formula is C68H73BN2S. The van der Waals surface area contributed by atoms with Crippen molar-refractivity contribution in [2.45, 2.75) is 168 Å². The average molecular weight is 964 g/mol. The van der Waals surface area contributed by atoms with Gasteiger partial charge < -0.3 is 9.80 Å². The third-order valence-corrected chi connectivity index (χ3v) is 20.4. The third-order valence-electron chi connectivity index (χ3n) is 19.3. The minimum Gasteiger partial charge on any atom is -0.311 e. The molecule has 3 aliphatic carbocycles. The number of rotatable bonds is 3. The molecule has 5 aliphatic rings. The van der Waals surface area contributed by atoms with Crippen molar-refractivity contribution in [3.05, 3.63) is 160 Å². The van der Waals surface area contributed by atoms with Crippen molar-refractivity contribution in [2.75, 3.05) is 9.80 Å². The van der Waals surface area contributed by atoms with Crippen LogP contribution in [-0.4, -0.2) is 6.71 Å². The molecule has 3 heterocycles. The summed E-state index contributed by atoms with van der Waals surface area (Å²) in [4.78, 5) is 5.00. The molecular weight excluding hydrogens is 888 g/mol. The van der Waals surface area contributed by atoms with Gasteiger partial charge in [-0.15, -0.1) is 11.3 Å². The maximum atomic E-state index is 9.30. The number of benzene rings is 7. The van der Waals surface area contributed by atoms with Crippen molar-refractivity contribution in [3.63, 3.8) is 0 Å². The number of aryl methyl sites for hydroxylation is 2. The molecule has 2 aliphatic heterocycles.